The van der Waals surface area contributed by atoms with Crippen molar-refractivity contribution in [1.82, 2.24) is 0 Å². The van der Waals surface area contributed by atoms with Crippen molar-refractivity contribution in [3.8, 4) is 0 Å². The molecule has 0 unspecified atom stereocenters. The van der Waals surface area contributed by atoms with Crippen LogP contribution in [0.5, 0.6) is 0 Å². The first kappa shape index (κ1) is 8.88. The molecule has 4 heteroatoms. The van der Waals surface area contributed by atoms with Gasteiger partial charge in [0.05, 0.1) is 5.75 Å². The third-order valence-corrected chi connectivity index (χ3v) is 2.26. The molecule has 0 aromatic carbocycles. The Morgan fingerprint density at radius 1 is 1.44 bits per heavy atom. The lowest BCUT2D eigenvalue weighted by atomic mass is 10.3. The zero-order valence-electron chi connectivity index (χ0n) is 5.59. The largest absolute Gasteiger partial charge is 0.234 e. The summed E-state index contributed by atoms with van der Waals surface area (Å²) in [4.78, 5) is 0. The summed E-state index contributed by atoms with van der Waals surface area (Å²) in [6.07, 6.45) is 0. The van der Waals surface area contributed by atoms with E-state index in [4.69, 9.17) is 0 Å². The van der Waals surface area contributed by atoms with Crippen molar-refractivity contribution in [3.63, 3.8) is 0 Å². The number of hydrogen-bond acceptors (Lipinski definition) is 2. The van der Waals surface area contributed by atoms with Crippen molar-refractivity contribution in [3.05, 3.63) is 0 Å². The molecule has 0 aliphatic rings. The first-order chi connectivity index (χ1) is 3.98. The van der Waals surface area contributed by atoms with Gasteiger partial charge in [0, 0.05) is 0 Å². The molecule has 0 saturated carbocycles. The fraction of sp³-hybridized carbons (Fsp3) is 1.00. The maximum atomic E-state index is 11.5. The second-order valence-electron chi connectivity index (χ2n) is 2.41. The summed E-state index contributed by atoms with van der Waals surface area (Å²) in [5.41, 5.74) is 0. The van der Waals surface area contributed by atoms with Gasteiger partial charge in [0.2, 0.25) is 0 Å². The molecule has 0 aliphatic carbocycles. The lowest BCUT2D eigenvalue weighted by Gasteiger charge is -2.00. The van der Waals surface area contributed by atoms with E-state index >= 15 is 0 Å². The third-order valence-electron chi connectivity index (χ3n) is 0.754. The van der Waals surface area contributed by atoms with Gasteiger partial charge in [0.1, 0.15) is 0 Å². The van der Waals surface area contributed by atoms with Gasteiger partial charge in [-0.1, -0.05) is 13.8 Å². The van der Waals surface area contributed by atoms with Gasteiger partial charge in [0.15, 0.2) is 15.8 Å². The van der Waals surface area contributed by atoms with Crippen LogP contribution in [0.15, 0.2) is 0 Å². The topological polar surface area (TPSA) is 34.1 Å². The minimum Gasteiger partial charge on any atom is -0.234 e. The van der Waals surface area contributed by atoms with E-state index in [1.54, 1.807) is 13.8 Å². The molecule has 0 fully saturated rings. The van der Waals surface area contributed by atoms with Crippen LogP contribution in [0.1, 0.15) is 13.8 Å². The number of alkyl halides is 1. The molecule has 2 nitrogen and oxygen atoms in total. The molecule has 0 spiro atoms. The van der Waals surface area contributed by atoms with Gasteiger partial charge in [-0.05, 0) is 5.92 Å². The molecule has 0 aromatic heterocycles. The van der Waals surface area contributed by atoms with Crippen LogP contribution in [0, 0.1) is 5.92 Å². The molecule has 0 saturated heterocycles. The molecule has 0 heterocycles. The fourth-order valence-electron chi connectivity index (χ4n) is 0.552. The van der Waals surface area contributed by atoms with Gasteiger partial charge in [0.25, 0.3) is 0 Å². The Hall–Kier alpha value is -0.120. The first-order valence-corrected chi connectivity index (χ1v) is 4.56. The average Bonchev–Trinajstić information content (AvgIpc) is 1.63. The highest BCUT2D eigenvalue weighted by Gasteiger charge is 2.11. The lowest BCUT2D eigenvalue weighted by Crippen LogP contribution is -2.12. The van der Waals surface area contributed by atoms with Gasteiger partial charge >= 0.3 is 0 Å². The van der Waals surface area contributed by atoms with Gasteiger partial charge in [-0.25, -0.2) is 12.8 Å². The summed E-state index contributed by atoms with van der Waals surface area (Å²) in [6, 6.07) is -1.23. The molecule has 0 bridgehead atoms. The number of halogens is 1. The zero-order chi connectivity index (χ0) is 7.49. The Bertz CT molecular complexity index is 160. The van der Waals surface area contributed by atoms with Crippen LogP contribution in [0.3, 0.4) is 0 Å². The maximum Gasteiger partial charge on any atom is 0.190 e. The molecule has 0 atom stereocenters. The van der Waals surface area contributed by atoms with Crippen molar-refractivity contribution >= 4 is 9.84 Å². The van der Waals surface area contributed by atoms with Gasteiger partial charge in [-0.2, -0.15) is 0 Å². The second-order valence-corrected chi connectivity index (χ2v) is 4.45. The van der Waals surface area contributed by atoms with E-state index in [0.717, 1.165) is 0 Å². The Kier molecular flexibility index (Phi) is 3.11. The Balaban J connectivity index is 3.90. The summed E-state index contributed by atoms with van der Waals surface area (Å²) in [6.45, 7) is 3.49. The summed E-state index contributed by atoms with van der Waals surface area (Å²) in [5, 5.41) is 0. The number of hydrogen-bond donors (Lipinski definition) is 0. The van der Waals surface area contributed by atoms with Crippen LogP contribution < -0.4 is 0 Å². The van der Waals surface area contributed by atoms with Crippen molar-refractivity contribution in [2.45, 2.75) is 13.8 Å². The minimum atomic E-state index is -3.39. The number of rotatable bonds is 3. The van der Waals surface area contributed by atoms with E-state index in [2.05, 4.69) is 0 Å². The van der Waals surface area contributed by atoms with E-state index in [0.29, 0.717) is 0 Å². The number of sulfone groups is 1. The van der Waals surface area contributed by atoms with Crippen LogP contribution >= 0.6 is 0 Å². The molecule has 0 radical (unpaired) electrons. The fourth-order valence-corrected chi connectivity index (χ4v) is 1.66. The van der Waals surface area contributed by atoms with E-state index in [1.165, 1.54) is 0 Å². The average molecular weight is 154 g/mol. The van der Waals surface area contributed by atoms with Crippen LogP contribution in [0.2, 0.25) is 0 Å². The quantitative estimate of drug-likeness (QED) is 0.607. The van der Waals surface area contributed by atoms with Gasteiger partial charge in [-0.3, -0.25) is 0 Å². The van der Waals surface area contributed by atoms with Crippen molar-refractivity contribution < 1.29 is 12.8 Å². The molecule has 0 aromatic rings. The molecule has 0 amide bonds. The van der Waals surface area contributed by atoms with E-state index < -0.39 is 15.8 Å². The van der Waals surface area contributed by atoms with Crippen LogP contribution in [0.25, 0.3) is 0 Å². The van der Waals surface area contributed by atoms with Gasteiger partial charge in [-0.15, -0.1) is 0 Å². The highest BCUT2D eigenvalue weighted by molar-refractivity contribution is 7.91. The minimum absolute atomic E-state index is 0.0192. The Labute approximate surface area is 55.0 Å². The molecule has 0 rings (SSSR count). The molecule has 56 valence electrons. The molecule has 0 N–H and O–H groups in total. The SMILES string of the molecule is CC(C)CS(=O)(=O)CF. The van der Waals surface area contributed by atoms with Crippen LogP contribution in [-0.2, 0) is 9.84 Å². The summed E-state index contributed by atoms with van der Waals surface area (Å²) < 4.78 is 32.4. The van der Waals surface area contributed by atoms with Crippen molar-refractivity contribution in [2.24, 2.45) is 5.92 Å². The molecular formula is C5H11FO2S. The highest BCUT2D eigenvalue weighted by atomic mass is 32.2. The maximum absolute atomic E-state index is 11.5. The monoisotopic (exact) mass is 154 g/mol. The Morgan fingerprint density at radius 2 is 1.89 bits per heavy atom. The van der Waals surface area contributed by atoms with Crippen molar-refractivity contribution in [1.29, 1.82) is 0 Å². The predicted molar refractivity (Wildman–Crippen MR) is 34.6 cm³/mol. The van der Waals surface area contributed by atoms with E-state index in [1.807, 2.05) is 0 Å². The van der Waals surface area contributed by atoms with Crippen LogP contribution in [0.4, 0.5) is 4.39 Å². The molecular weight excluding hydrogens is 143 g/mol. The zero-order valence-corrected chi connectivity index (χ0v) is 6.41. The smallest absolute Gasteiger partial charge is 0.190 e. The second kappa shape index (κ2) is 3.15. The van der Waals surface area contributed by atoms with Crippen LogP contribution in [-0.4, -0.2) is 20.2 Å². The highest BCUT2D eigenvalue weighted by Crippen LogP contribution is 1.99. The summed E-state index contributed by atoms with van der Waals surface area (Å²) in [5.74, 6) is -0.0329. The molecule has 9 heavy (non-hydrogen) atoms. The van der Waals surface area contributed by atoms with E-state index in [-0.39, 0.29) is 11.7 Å². The molecule has 0 aliphatic heterocycles. The summed E-state index contributed by atoms with van der Waals surface area (Å²) >= 11 is 0. The standard InChI is InChI=1S/C5H11FO2S/c1-5(2)3-9(7,8)4-6/h5H,3-4H2,1-2H3. The third kappa shape index (κ3) is 4.39. The summed E-state index contributed by atoms with van der Waals surface area (Å²) in [7, 11) is -3.39. The van der Waals surface area contributed by atoms with Gasteiger partial charge < -0.3 is 0 Å². The normalized spacial score (nSPS) is 12.4. The predicted octanol–water partition coefficient (Wildman–Crippen LogP) is 0.984. The van der Waals surface area contributed by atoms with Crippen molar-refractivity contribution in [2.75, 3.05) is 11.8 Å². The lowest BCUT2D eigenvalue weighted by molar-refractivity contribution is 0.526. The first-order valence-electron chi connectivity index (χ1n) is 2.74. The van der Waals surface area contributed by atoms with E-state index in [9.17, 15) is 12.8 Å². The Morgan fingerprint density at radius 3 is 2.00 bits per heavy atom.